The molecule has 0 saturated heterocycles. The first kappa shape index (κ1) is 12.4. The standard InChI is InChI=1S/C14H15FN2O/c1-2-10(16)9-17-13(18)14(7-8-14)11-5-3-4-6-12(11)15/h3-6H,1,7-9,16H2,(H,17,18). The van der Waals surface area contributed by atoms with Crippen LogP contribution in [0.15, 0.2) is 42.3 Å². The zero-order valence-electron chi connectivity index (χ0n) is 10.0. The zero-order chi connectivity index (χ0) is 13.2. The highest BCUT2D eigenvalue weighted by Gasteiger charge is 2.52. The van der Waals surface area contributed by atoms with Gasteiger partial charge in [-0.05, 0) is 18.9 Å². The fourth-order valence-electron chi connectivity index (χ4n) is 2.00. The fourth-order valence-corrected chi connectivity index (χ4v) is 2.00. The van der Waals surface area contributed by atoms with E-state index in [1.165, 1.54) is 6.07 Å². The molecule has 94 valence electrons. The van der Waals surface area contributed by atoms with Crippen LogP contribution in [0.25, 0.3) is 0 Å². The maximum absolute atomic E-state index is 13.7. The summed E-state index contributed by atoms with van der Waals surface area (Å²) in [6.45, 7) is 3.58. The number of halogens is 1. The second-order valence-corrected chi connectivity index (χ2v) is 4.45. The Hall–Kier alpha value is -2.06. The molecule has 1 amide bonds. The Morgan fingerprint density at radius 3 is 2.72 bits per heavy atom. The van der Waals surface area contributed by atoms with Crippen LogP contribution >= 0.6 is 0 Å². The van der Waals surface area contributed by atoms with E-state index in [1.54, 1.807) is 18.2 Å². The van der Waals surface area contributed by atoms with Gasteiger partial charge in [0.1, 0.15) is 5.82 Å². The Balaban J connectivity index is 2.15. The van der Waals surface area contributed by atoms with E-state index >= 15 is 0 Å². The number of carbonyl (C=O) groups is 1. The smallest absolute Gasteiger partial charge is 0.231 e. The minimum atomic E-state index is -0.715. The summed E-state index contributed by atoms with van der Waals surface area (Å²) in [5.41, 5.74) is 8.12. The van der Waals surface area contributed by atoms with Crippen LogP contribution in [0.4, 0.5) is 4.39 Å². The summed E-state index contributed by atoms with van der Waals surface area (Å²) in [7, 11) is 0. The molecule has 4 heteroatoms. The molecule has 1 aromatic rings. The van der Waals surface area contributed by atoms with Crippen LogP contribution in [-0.4, -0.2) is 12.5 Å². The minimum absolute atomic E-state index is 0.189. The molecule has 0 atom stereocenters. The molecule has 0 bridgehead atoms. The SMILES string of the molecule is C=C=C(N)CNC(=O)C1(c2ccccc2F)CC1. The predicted octanol–water partition coefficient (Wildman–Crippen LogP) is 1.60. The van der Waals surface area contributed by atoms with Crippen molar-refractivity contribution in [3.05, 3.63) is 53.7 Å². The van der Waals surface area contributed by atoms with Crippen LogP contribution in [0, 0.1) is 5.82 Å². The molecule has 0 unspecified atom stereocenters. The molecule has 0 aromatic heterocycles. The normalized spacial score (nSPS) is 15.6. The summed E-state index contributed by atoms with van der Waals surface area (Å²) in [6, 6.07) is 6.39. The van der Waals surface area contributed by atoms with Gasteiger partial charge in [-0.15, -0.1) is 5.73 Å². The molecule has 0 heterocycles. The lowest BCUT2D eigenvalue weighted by Crippen LogP contribution is -2.37. The Morgan fingerprint density at radius 1 is 1.50 bits per heavy atom. The van der Waals surface area contributed by atoms with Crippen molar-refractivity contribution in [2.75, 3.05) is 6.54 Å². The monoisotopic (exact) mass is 246 g/mol. The van der Waals surface area contributed by atoms with Gasteiger partial charge in [-0.25, -0.2) is 4.39 Å². The van der Waals surface area contributed by atoms with Crippen molar-refractivity contribution < 1.29 is 9.18 Å². The maximum Gasteiger partial charge on any atom is 0.231 e. The molecule has 2 rings (SSSR count). The molecule has 18 heavy (non-hydrogen) atoms. The zero-order valence-corrected chi connectivity index (χ0v) is 10.0. The summed E-state index contributed by atoms with van der Waals surface area (Å²) in [5, 5.41) is 2.69. The first-order valence-electron chi connectivity index (χ1n) is 5.78. The lowest BCUT2D eigenvalue weighted by atomic mass is 9.94. The maximum atomic E-state index is 13.7. The van der Waals surface area contributed by atoms with Gasteiger partial charge in [0, 0.05) is 5.56 Å². The van der Waals surface area contributed by atoms with Crippen molar-refractivity contribution >= 4 is 5.91 Å². The van der Waals surface area contributed by atoms with Crippen LogP contribution in [-0.2, 0) is 10.2 Å². The topological polar surface area (TPSA) is 55.1 Å². The van der Waals surface area contributed by atoms with E-state index in [0.29, 0.717) is 24.1 Å². The van der Waals surface area contributed by atoms with Crippen LogP contribution in [0.1, 0.15) is 18.4 Å². The molecular weight excluding hydrogens is 231 g/mol. The van der Waals surface area contributed by atoms with E-state index < -0.39 is 5.41 Å². The van der Waals surface area contributed by atoms with Crippen molar-refractivity contribution in [3.8, 4) is 0 Å². The van der Waals surface area contributed by atoms with E-state index in [-0.39, 0.29) is 18.3 Å². The number of rotatable bonds is 4. The van der Waals surface area contributed by atoms with Crippen LogP contribution in [0.5, 0.6) is 0 Å². The lowest BCUT2D eigenvalue weighted by Gasteiger charge is -2.16. The van der Waals surface area contributed by atoms with Gasteiger partial charge in [0.05, 0.1) is 17.7 Å². The Bertz CT molecular complexity index is 528. The van der Waals surface area contributed by atoms with Gasteiger partial charge < -0.3 is 11.1 Å². The average Bonchev–Trinajstić information content (AvgIpc) is 3.17. The summed E-state index contributed by atoms with van der Waals surface area (Å²) in [4.78, 5) is 12.1. The summed E-state index contributed by atoms with van der Waals surface area (Å²) in [6.07, 6.45) is 1.33. The molecule has 3 N–H and O–H groups in total. The van der Waals surface area contributed by atoms with Gasteiger partial charge in [-0.3, -0.25) is 4.79 Å². The molecule has 3 nitrogen and oxygen atoms in total. The number of nitrogens with one attached hydrogen (secondary N) is 1. The number of hydrogen-bond donors (Lipinski definition) is 2. The van der Waals surface area contributed by atoms with Gasteiger partial charge in [-0.2, -0.15) is 0 Å². The summed E-state index contributed by atoms with van der Waals surface area (Å²) in [5.74, 6) is -0.525. The Kier molecular flexibility index (Phi) is 3.21. The number of benzene rings is 1. The van der Waals surface area contributed by atoms with E-state index in [1.807, 2.05) is 0 Å². The van der Waals surface area contributed by atoms with Gasteiger partial charge >= 0.3 is 0 Å². The third kappa shape index (κ3) is 2.15. The largest absolute Gasteiger partial charge is 0.394 e. The molecule has 0 radical (unpaired) electrons. The Morgan fingerprint density at radius 2 is 2.17 bits per heavy atom. The third-order valence-corrected chi connectivity index (χ3v) is 3.24. The van der Waals surface area contributed by atoms with Crippen LogP contribution < -0.4 is 11.1 Å². The van der Waals surface area contributed by atoms with Crippen molar-refractivity contribution in [2.45, 2.75) is 18.3 Å². The third-order valence-electron chi connectivity index (χ3n) is 3.24. The summed E-state index contributed by atoms with van der Waals surface area (Å²) < 4.78 is 13.7. The van der Waals surface area contributed by atoms with Gasteiger partial charge in [0.15, 0.2) is 0 Å². The number of amides is 1. The Labute approximate surface area is 105 Å². The first-order chi connectivity index (χ1) is 8.60. The predicted molar refractivity (Wildman–Crippen MR) is 67.2 cm³/mol. The van der Waals surface area contributed by atoms with Gasteiger partial charge in [0.25, 0.3) is 0 Å². The van der Waals surface area contributed by atoms with Crippen molar-refractivity contribution in [2.24, 2.45) is 5.73 Å². The number of hydrogen-bond acceptors (Lipinski definition) is 2. The molecule has 0 aliphatic heterocycles. The van der Waals surface area contributed by atoms with E-state index in [4.69, 9.17) is 5.73 Å². The van der Waals surface area contributed by atoms with Crippen LogP contribution in [0.2, 0.25) is 0 Å². The molecule has 1 aromatic carbocycles. The fraction of sp³-hybridized carbons (Fsp3) is 0.286. The number of carbonyl (C=O) groups excluding carboxylic acids is 1. The van der Waals surface area contributed by atoms with Crippen molar-refractivity contribution in [1.29, 1.82) is 0 Å². The molecule has 0 spiro atoms. The van der Waals surface area contributed by atoms with Gasteiger partial charge in [0.2, 0.25) is 5.91 Å². The average molecular weight is 246 g/mol. The minimum Gasteiger partial charge on any atom is -0.394 e. The molecule has 1 aliphatic carbocycles. The number of nitrogens with two attached hydrogens (primary N) is 1. The van der Waals surface area contributed by atoms with E-state index in [9.17, 15) is 9.18 Å². The second-order valence-electron chi connectivity index (χ2n) is 4.45. The van der Waals surface area contributed by atoms with Crippen molar-refractivity contribution in [1.82, 2.24) is 5.32 Å². The molecule has 1 aliphatic rings. The molecule has 1 fully saturated rings. The second kappa shape index (κ2) is 4.67. The van der Waals surface area contributed by atoms with Gasteiger partial charge in [-0.1, -0.05) is 24.8 Å². The van der Waals surface area contributed by atoms with Crippen LogP contribution in [0.3, 0.4) is 0 Å². The quantitative estimate of drug-likeness (QED) is 0.793. The van der Waals surface area contributed by atoms with Crippen molar-refractivity contribution in [3.63, 3.8) is 0 Å². The van der Waals surface area contributed by atoms with E-state index in [2.05, 4.69) is 17.6 Å². The highest BCUT2D eigenvalue weighted by molar-refractivity contribution is 5.91. The highest BCUT2D eigenvalue weighted by atomic mass is 19.1. The lowest BCUT2D eigenvalue weighted by molar-refractivity contribution is -0.123. The van der Waals surface area contributed by atoms with E-state index in [0.717, 1.165) is 0 Å². The highest BCUT2D eigenvalue weighted by Crippen LogP contribution is 2.49. The first-order valence-corrected chi connectivity index (χ1v) is 5.78. The molecule has 1 saturated carbocycles. The molecular formula is C14H15FN2O. The summed E-state index contributed by atoms with van der Waals surface area (Å²) >= 11 is 0.